The van der Waals surface area contributed by atoms with Gasteiger partial charge in [-0.3, -0.25) is 4.79 Å². The van der Waals surface area contributed by atoms with Crippen molar-refractivity contribution in [1.82, 2.24) is 0 Å². The van der Waals surface area contributed by atoms with Gasteiger partial charge in [-0.05, 0) is 18.9 Å². The first-order valence-electron chi connectivity index (χ1n) is 5.83. The topological polar surface area (TPSA) is 44.8 Å². The van der Waals surface area contributed by atoms with Crippen LogP contribution in [0.25, 0.3) is 0 Å². The molecule has 0 N–H and O–H groups in total. The lowest BCUT2D eigenvalue weighted by Gasteiger charge is -2.34. The standard InChI is InChI=1S/C12H14O4/c1-4(2)12-15-8-6-3-5-7(8)10(9(6)16-12)14-11(5)13/h5-10,12H,1,3H2,2H3. The van der Waals surface area contributed by atoms with Crippen molar-refractivity contribution in [2.24, 2.45) is 17.8 Å². The van der Waals surface area contributed by atoms with Gasteiger partial charge in [0.15, 0.2) is 6.29 Å². The van der Waals surface area contributed by atoms with E-state index in [9.17, 15) is 4.79 Å². The summed E-state index contributed by atoms with van der Waals surface area (Å²) in [5.41, 5.74) is 0.887. The van der Waals surface area contributed by atoms with E-state index in [2.05, 4.69) is 6.58 Å². The largest absolute Gasteiger partial charge is 0.459 e. The summed E-state index contributed by atoms with van der Waals surface area (Å²) in [6, 6.07) is 0. The summed E-state index contributed by atoms with van der Waals surface area (Å²) in [6.07, 6.45) is 0.674. The number of hydrogen-bond acceptors (Lipinski definition) is 4. The van der Waals surface area contributed by atoms with Crippen LogP contribution in [-0.2, 0) is 19.0 Å². The average Bonchev–Trinajstić information content (AvgIpc) is 2.77. The first kappa shape index (κ1) is 9.19. The molecule has 0 spiro atoms. The van der Waals surface area contributed by atoms with E-state index in [1.165, 1.54) is 0 Å². The second-order valence-corrected chi connectivity index (χ2v) is 5.36. The maximum absolute atomic E-state index is 11.6. The molecule has 4 nitrogen and oxygen atoms in total. The minimum Gasteiger partial charge on any atom is -0.459 e. The Balaban J connectivity index is 1.71. The molecule has 2 saturated carbocycles. The monoisotopic (exact) mass is 222 g/mol. The van der Waals surface area contributed by atoms with Crippen LogP contribution in [0, 0.1) is 17.8 Å². The highest BCUT2D eigenvalue weighted by atomic mass is 16.7. The summed E-state index contributed by atoms with van der Waals surface area (Å²) in [7, 11) is 0. The van der Waals surface area contributed by atoms with Gasteiger partial charge in [-0.2, -0.15) is 0 Å². The highest BCUT2D eigenvalue weighted by Crippen LogP contribution is 2.59. The SMILES string of the molecule is C=C(C)C1OC2C3CC4C(=O)OC2C4C3O1. The van der Waals surface area contributed by atoms with Crippen molar-refractivity contribution in [3.05, 3.63) is 12.2 Å². The third-order valence-electron chi connectivity index (χ3n) is 4.44. The minimum atomic E-state index is -0.311. The molecule has 0 aromatic rings. The van der Waals surface area contributed by atoms with E-state index in [4.69, 9.17) is 14.2 Å². The molecular weight excluding hydrogens is 208 g/mol. The van der Waals surface area contributed by atoms with Crippen LogP contribution in [0.5, 0.6) is 0 Å². The Morgan fingerprint density at radius 1 is 1.31 bits per heavy atom. The fourth-order valence-corrected chi connectivity index (χ4v) is 3.84. The zero-order chi connectivity index (χ0) is 11.0. The third-order valence-corrected chi connectivity index (χ3v) is 4.44. The number of esters is 1. The van der Waals surface area contributed by atoms with Crippen LogP contribution in [-0.4, -0.2) is 30.6 Å². The molecule has 16 heavy (non-hydrogen) atoms. The van der Waals surface area contributed by atoms with Crippen molar-refractivity contribution in [1.29, 1.82) is 0 Å². The Bertz CT molecular complexity index is 382. The smallest absolute Gasteiger partial charge is 0.309 e. The molecule has 4 aliphatic rings. The molecule has 2 heterocycles. The third kappa shape index (κ3) is 0.870. The molecule has 2 aliphatic carbocycles. The number of rotatable bonds is 1. The van der Waals surface area contributed by atoms with E-state index in [-0.39, 0.29) is 42.4 Å². The highest BCUT2D eigenvalue weighted by Gasteiger charge is 2.70. The van der Waals surface area contributed by atoms with E-state index >= 15 is 0 Å². The maximum Gasteiger partial charge on any atom is 0.309 e. The van der Waals surface area contributed by atoms with Crippen LogP contribution in [0.15, 0.2) is 12.2 Å². The molecular formula is C12H14O4. The number of carbonyl (C=O) groups excluding carboxylic acids is 1. The van der Waals surface area contributed by atoms with Gasteiger partial charge in [0.2, 0.25) is 0 Å². The van der Waals surface area contributed by atoms with E-state index < -0.39 is 0 Å². The van der Waals surface area contributed by atoms with Crippen LogP contribution in [0.4, 0.5) is 0 Å². The lowest BCUT2D eigenvalue weighted by Crippen LogP contribution is -2.42. The van der Waals surface area contributed by atoms with Crippen molar-refractivity contribution in [3.63, 3.8) is 0 Å². The molecule has 4 bridgehead atoms. The predicted molar refractivity (Wildman–Crippen MR) is 53.3 cm³/mol. The fraction of sp³-hybridized carbons (Fsp3) is 0.750. The Hall–Kier alpha value is -0.870. The van der Waals surface area contributed by atoms with Crippen molar-refractivity contribution in [3.8, 4) is 0 Å². The van der Waals surface area contributed by atoms with Gasteiger partial charge in [-0.15, -0.1) is 0 Å². The van der Waals surface area contributed by atoms with Gasteiger partial charge in [-0.25, -0.2) is 0 Å². The normalized spacial score (nSPS) is 56.6. The van der Waals surface area contributed by atoms with E-state index in [0.29, 0.717) is 5.92 Å². The molecule has 2 saturated heterocycles. The molecule has 4 rings (SSSR count). The van der Waals surface area contributed by atoms with Gasteiger partial charge >= 0.3 is 5.97 Å². The number of ether oxygens (including phenoxy) is 3. The van der Waals surface area contributed by atoms with Crippen LogP contribution in [0.3, 0.4) is 0 Å². The molecule has 0 aromatic heterocycles. The molecule has 2 aliphatic heterocycles. The molecule has 0 aromatic carbocycles. The molecule has 7 atom stereocenters. The Morgan fingerprint density at radius 3 is 2.81 bits per heavy atom. The van der Waals surface area contributed by atoms with Gasteiger partial charge in [0.25, 0.3) is 0 Å². The van der Waals surface area contributed by atoms with E-state index in [1.54, 1.807) is 0 Å². The fourth-order valence-electron chi connectivity index (χ4n) is 3.84. The van der Waals surface area contributed by atoms with Gasteiger partial charge in [0, 0.05) is 11.8 Å². The second-order valence-electron chi connectivity index (χ2n) is 5.36. The van der Waals surface area contributed by atoms with Crippen LogP contribution < -0.4 is 0 Å². The van der Waals surface area contributed by atoms with Gasteiger partial charge in [-0.1, -0.05) is 6.58 Å². The molecule has 86 valence electrons. The number of fused-ring (bicyclic) bond motifs is 1. The van der Waals surface area contributed by atoms with Crippen molar-refractivity contribution in [2.45, 2.75) is 37.9 Å². The minimum absolute atomic E-state index is 0.0353. The molecule has 0 amide bonds. The number of carbonyl (C=O) groups is 1. The zero-order valence-corrected chi connectivity index (χ0v) is 9.09. The van der Waals surface area contributed by atoms with Crippen molar-refractivity contribution in [2.75, 3.05) is 0 Å². The first-order valence-corrected chi connectivity index (χ1v) is 5.83. The summed E-state index contributed by atoms with van der Waals surface area (Å²) in [6.45, 7) is 5.77. The molecule has 7 unspecified atom stereocenters. The quantitative estimate of drug-likeness (QED) is 0.487. The highest BCUT2D eigenvalue weighted by molar-refractivity contribution is 5.77. The van der Waals surface area contributed by atoms with E-state index in [0.717, 1.165) is 12.0 Å². The maximum atomic E-state index is 11.6. The van der Waals surface area contributed by atoms with Crippen LogP contribution in [0.2, 0.25) is 0 Å². The van der Waals surface area contributed by atoms with Gasteiger partial charge < -0.3 is 14.2 Å². The Labute approximate surface area is 93.5 Å². The molecule has 4 fully saturated rings. The lowest BCUT2D eigenvalue weighted by molar-refractivity contribution is -0.230. The summed E-state index contributed by atoms with van der Waals surface area (Å²) >= 11 is 0. The van der Waals surface area contributed by atoms with Crippen molar-refractivity contribution < 1.29 is 19.0 Å². The van der Waals surface area contributed by atoms with E-state index in [1.807, 2.05) is 6.92 Å². The zero-order valence-electron chi connectivity index (χ0n) is 9.09. The van der Waals surface area contributed by atoms with Gasteiger partial charge in [0.05, 0.1) is 12.0 Å². The second kappa shape index (κ2) is 2.68. The van der Waals surface area contributed by atoms with Gasteiger partial charge in [0.1, 0.15) is 12.2 Å². The predicted octanol–water partition coefficient (Wildman–Crippen LogP) is 0.864. The average molecular weight is 222 g/mol. The van der Waals surface area contributed by atoms with Crippen LogP contribution in [0.1, 0.15) is 13.3 Å². The van der Waals surface area contributed by atoms with Crippen molar-refractivity contribution >= 4 is 5.97 Å². The molecule has 0 radical (unpaired) electrons. The Morgan fingerprint density at radius 2 is 2.06 bits per heavy atom. The van der Waals surface area contributed by atoms with Crippen LogP contribution >= 0.6 is 0 Å². The molecule has 4 heteroatoms. The first-order chi connectivity index (χ1) is 7.66. The summed E-state index contributed by atoms with van der Waals surface area (Å²) in [5.74, 6) is 0.587. The summed E-state index contributed by atoms with van der Waals surface area (Å²) in [4.78, 5) is 11.6. The summed E-state index contributed by atoms with van der Waals surface area (Å²) < 4.78 is 17.2. The Kier molecular flexibility index (Phi) is 1.54. The lowest BCUT2D eigenvalue weighted by atomic mass is 9.88. The summed E-state index contributed by atoms with van der Waals surface area (Å²) in [5, 5.41) is 0. The number of hydrogen-bond donors (Lipinski definition) is 0.